The van der Waals surface area contributed by atoms with Gasteiger partial charge in [-0.25, -0.2) is 0 Å². The van der Waals surface area contributed by atoms with Crippen molar-refractivity contribution in [3.63, 3.8) is 0 Å². The van der Waals surface area contributed by atoms with E-state index in [1.54, 1.807) is 37.3 Å². The van der Waals surface area contributed by atoms with Crippen molar-refractivity contribution < 1.29 is 39.9 Å². The molecule has 3 aliphatic carbocycles. The molecule has 1 fully saturated rings. The summed E-state index contributed by atoms with van der Waals surface area (Å²) in [6.07, 6.45) is -0.877. The van der Waals surface area contributed by atoms with Crippen LogP contribution in [0.15, 0.2) is 53.3 Å². The van der Waals surface area contributed by atoms with E-state index in [1.165, 1.54) is 6.07 Å². The Morgan fingerprint density at radius 1 is 1.08 bits per heavy atom. The first-order chi connectivity index (χ1) is 18.4. The summed E-state index contributed by atoms with van der Waals surface area (Å²) >= 11 is 0. The number of phenolic OH excluding ortho intramolecular Hbond substituents is 1. The number of carbonyl (C=O) groups excluding carboxylic acids is 3. The normalized spacial score (nSPS) is 24.7. The van der Waals surface area contributed by atoms with Gasteiger partial charge in [0.1, 0.15) is 29.1 Å². The highest BCUT2D eigenvalue weighted by Gasteiger charge is 2.60. The Balaban J connectivity index is 1.57. The van der Waals surface area contributed by atoms with E-state index < -0.39 is 58.2 Å². The highest BCUT2D eigenvalue weighted by molar-refractivity contribution is 6.22. The second-order valence-electron chi connectivity index (χ2n) is 10.0. The average Bonchev–Trinajstić information content (AvgIpc) is 2.86. The number of aliphatic hydroxyl groups is 4. The fraction of sp³-hybridized carbons (Fsp3) is 0.276. The number of amides is 1. The molecule has 4 atom stereocenters. The third-order valence-corrected chi connectivity index (χ3v) is 7.55. The van der Waals surface area contributed by atoms with Crippen molar-refractivity contribution >= 4 is 28.9 Å². The number of anilines is 1. The van der Waals surface area contributed by atoms with Gasteiger partial charge in [0.2, 0.25) is 5.78 Å². The quantitative estimate of drug-likeness (QED) is 0.175. The van der Waals surface area contributed by atoms with Crippen LogP contribution in [0.1, 0.15) is 42.0 Å². The molecule has 1 saturated carbocycles. The molecular weight excluding hydrogens is 504 g/mol. The number of primary amides is 1. The zero-order valence-electron chi connectivity index (χ0n) is 20.9. The van der Waals surface area contributed by atoms with Gasteiger partial charge in [0, 0.05) is 34.7 Å². The zero-order chi connectivity index (χ0) is 28.2. The van der Waals surface area contributed by atoms with E-state index in [0.717, 1.165) is 0 Å². The first-order valence-corrected chi connectivity index (χ1v) is 12.3. The molecule has 0 aromatic heterocycles. The molecule has 10 heteroatoms. The van der Waals surface area contributed by atoms with Gasteiger partial charge in [-0.2, -0.15) is 0 Å². The van der Waals surface area contributed by atoms with E-state index in [0.29, 0.717) is 22.4 Å². The Labute approximate surface area is 223 Å². The minimum absolute atomic E-state index is 0.00888. The maximum absolute atomic E-state index is 13.6. The van der Waals surface area contributed by atoms with Gasteiger partial charge in [-0.05, 0) is 67.6 Å². The lowest BCUT2D eigenvalue weighted by Crippen LogP contribution is -2.58. The van der Waals surface area contributed by atoms with Crippen molar-refractivity contribution in [1.82, 2.24) is 0 Å². The maximum Gasteiger partial charge on any atom is 0.255 e. The second-order valence-corrected chi connectivity index (χ2v) is 10.0. The Hall–Kier alpha value is -4.59. The Morgan fingerprint density at radius 3 is 2.41 bits per heavy atom. The fourth-order valence-corrected chi connectivity index (χ4v) is 5.77. The first kappa shape index (κ1) is 26.0. The number of phenols is 1. The number of nitrogens with two attached hydrogens (primary N) is 1. The molecule has 39 heavy (non-hydrogen) atoms. The summed E-state index contributed by atoms with van der Waals surface area (Å²) in [6.45, 7) is 1.60. The molecule has 0 saturated heterocycles. The summed E-state index contributed by atoms with van der Waals surface area (Å²) in [5, 5.41) is 56.1. The molecule has 1 amide bonds. The third kappa shape index (κ3) is 4.12. The Morgan fingerprint density at radius 2 is 1.77 bits per heavy atom. The van der Waals surface area contributed by atoms with Crippen LogP contribution in [0.2, 0.25) is 0 Å². The van der Waals surface area contributed by atoms with Gasteiger partial charge in [-0.3, -0.25) is 14.4 Å². The van der Waals surface area contributed by atoms with E-state index in [1.807, 2.05) is 0 Å². The van der Waals surface area contributed by atoms with E-state index in [2.05, 4.69) is 17.2 Å². The van der Waals surface area contributed by atoms with Crippen LogP contribution in [0.25, 0.3) is 5.76 Å². The SMILES string of the molecule is CC(O)Nc1ccc(C#Cc2ccc(O)c3c2C[C@H]2C[C@H]4CC(=O)C(C(N)=O)=C(O)[C@@]4(O)C(=O)C2=C3O)cc1. The number of carbonyl (C=O) groups is 3. The molecule has 2 aromatic rings. The van der Waals surface area contributed by atoms with Crippen LogP contribution in [-0.2, 0) is 20.8 Å². The highest BCUT2D eigenvalue weighted by Crippen LogP contribution is 2.52. The van der Waals surface area contributed by atoms with Crippen molar-refractivity contribution in [3.05, 3.63) is 75.6 Å². The molecule has 8 N–H and O–H groups in total. The number of fused-ring (bicyclic) bond motifs is 3. The number of hydrogen-bond acceptors (Lipinski definition) is 9. The van der Waals surface area contributed by atoms with Crippen LogP contribution in [0, 0.1) is 23.7 Å². The summed E-state index contributed by atoms with van der Waals surface area (Å²) < 4.78 is 0. The standard InChI is InChI=1S/C29H26N2O8/c1-13(32)31-18-7-3-14(4-8-18)2-5-15-6-9-20(33)23-19(15)11-16-10-17-12-21(34)24(28(30)38)27(37)29(17,39)26(36)22(16)25(23)35/h3-4,6-9,13,16-17,31-33,35,37,39H,10-12H2,1H3,(H2,30,38)/t13?,16-,17+,29+/m1/s1. The molecule has 0 bridgehead atoms. The van der Waals surface area contributed by atoms with Crippen molar-refractivity contribution in [1.29, 1.82) is 0 Å². The zero-order valence-corrected chi connectivity index (χ0v) is 20.9. The molecule has 200 valence electrons. The number of Topliss-reactive ketones (excluding diaryl/α,β-unsaturated/α-hetero) is 2. The summed E-state index contributed by atoms with van der Waals surface area (Å²) in [4.78, 5) is 37.8. The molecule has 3 aliphatic rings. The molecule has 5 rings (SSSR count). The van der Waals surface area contributed by atoms with Gasteiger partial charge in [-0.1, -0.05) is 11.8 Å². The first-order valence-electron chi connectivity index (χ1n) is 12.3. The number of aromatic hydroxyl groups is 1. The number of benzene rings is 2. The second kappa shape index (κ2) is 9.31. The summed E-state index contributed by atoms with van der Waals surface area (Å²) in [5.41, 5.74) is 3.97. The number of hydrogen-bond donors (Lipinski definition) is 7. The van der Waals surface area contributed by atoms with Crippen LogP contribution in [0.5, 0.6) is 5.75 Å². The molecule has 0 heterocycles. The Kier molecular flexibility index (Phi) is 6.21. The number of nitrogens with one attached hydrogen (secondary N) is 1. The predicted octanol–water partition coefficient (Wildman–Crippen LogP) is 1.57. The molecule has 0 aliphatic heterocycles. The van der Waals surface area contributed by atoms with Gasteiger partial charge in [0.25, 0.3) is 5.91 Å². The summed E-state index contributed by atoms with van der Waals surface area (Å²) in [5.74, 6) is -0.639. The van der Waals surface area contributed by atoms with E-state index in [-0.39, 0.29) is 36.1 Å². The van der Waals surface area contributed by atoms with Gasteiger partial charge < -0.3 is 36.6 Å². The van der Waals surface area contributed by atoms with Crippen molar-refractivity contribution in [3.8, 4) is 17.6 Å². The molecule has 10 nitrogen and oxygen atoms in total. The van der Waals surface area contributed by atoms with E-state index in [4.69, 9.17) is 5.73 Å². The maximum atomic E-state index is 13.6. The van der Waals surface area contributed by atoms with Gasteiger partial charge in [-0.15, -0.1) is 0 Å². The van der Waals surface area contributed by atoms with Crippen molar-refractivity contribution in [2.45, 2.75) is 38.0 Å². The average molecular weight is 531 g/mol. The lowest BCUT2D eigenvalue weighted by atomic mass is 9.59. The molecule has 0 radical (unpaired) electrons. The van der Waals surface area contributed by atoms with Gasteiger partial charge >= 0.3 is 0 Å². The topological polar surface area (TPSA) is 190 Å². The van der Waals surface area contributed by atoms with Gasteiger partial charge in [0.05, 0.1) is 5.56 Å². The van der Waals surface area contributed by atoms with Crippen LogP contribution < -0.4 is 11.1 Å². The minimum Gasteiger partial charge on any atom is -0.508 e. The van der Waals surface area contributed by atoms with Crippen LogP contribution in [-0.4, -0.2) is 54.8 Å². The predicted molar refractivity (Wildman–Crippen MR) is 139 cm³/mol. The van der Waals surface area contributed by atoms with Gasteiger partial charge in [0.15, 0.2) is 11.4 Å². The molecule has 2 aromatic carbocycles. The van der Waals surface area contributed by atoms with Crippen LogP contribution in [0.4, 0.5) is 5.69 Å². The monoisotopic (exact) mass is 530 g/mol. The molecular formula is C29H26N2O8. The minimum atomic E-state index is -2.60. The summed E-state index contributed by atoms with van der Waals surface area (Å²) in [7, 11) is 0. The summed E-state index contributed by atoms with van der Waals surface area (Å²) in [6, 6.07) is 9.99. The molecule has 1 unspecified atom stereocenters. The third-order valence-electron chi connectivity index (χ3n) is 7.55. The van der Waals surface area contributed by atoms with Crippen LogP contribution >= 0.6 is 0 Å². The van der Waals surface area contributed by atoms with E-state index >= 15 is 0 Å². The highest BCUT2D eigenvalue weighted by atomic mass is 16.3. The van der Waals surface area contributed by atoms with Crippen molar-refractivity contribution in [2.75, 3.05) is 5.32 Å². The van der Waals surface area contributed by atoms with Crippen molar-refractivity contribution in [2.24, 2.45) is 17.6 Å². The number of aliphatic hydroxyl groups excluding tert-OH is 3. The van der Waals surface area contributed by atoms with E-state index in [9.17, 15) is 39.9 Å². The van der Waals surface area contributed by atoms with Crippen LogP contribution in [0.3, 0.4) is 0 Å². The largest absolute Gasteiger partial charge is 0.508 e. The lowest BCUT2D eigenvalue weighted by molar-refractivity contribution is -0.147. The number of ketones is 2. The molecule has 0 spiro atoms. The smallest absolute Gasteiger partial charge is 0.255 e. The Bertz CT molecular complexity index is 1560. The fourth-order valence-electron chi connectivity index (χ4n) is 5.77. The lowest BCUT2D eigenvalue weighted by Gasteiger charge is -2.46. The number of rotatable bonds is 3.